The van der Waals surface area contributed by atoms with Crippen LogP contribution in [0, 0.1) is 0 Å². The van der Waals surface area contributed by atoms with Crippen molar-refractivity contribution in [2.75, 3.05) is 0 Å². The van der Waals surface area contributed by atoms with Gasteiger partial charge in [-0.1, -0.05) is 29.3 Å². The van der Waals surface area contributed by atoms with Crippen LogP contribution in [0.5, 0.6) is 0 Å². The van der Waals surface area contributed by atoms with Crippen LogP contribution in [0.15, 0.2) is 30.5 Å². The van der Waals surface area contributed by atoms with Gasteiger partial charge in [-0.3, -0.25) is 4.98 Å². The minimum atomic E-state index is -4.63. The van der Waals surface area contributed by atoms with Crippen molar-refractivity contribution in [2.45, 2.75) is 12.1 Å². The maximum Gasteiger partial charge on any atom is 0.433 e. The lowest BCUT2D eigenvalue weighted by molar-refractivity contribution is -0.140. The lowest BCUT2D eigenvalue weighted by Crippen LogP contribution is -2.11. The van der Waals surface area contributed by atoms with Gasteiger partial charge in [0, 0.05) is 33.2 Å². The summed E-state index contributed by atoms with van der Waals surface area (Å²) in [6.07, 6.45) is -3.56. The van der Waals surface area contributed by atoms with Crippen molar-refractivity contribution in [2.24, 2.45) is 0 Å². The van der Waals surface area contributed by atoms with E-state index >= 15 is 0 Å². The van der Waals surface area contributed by atoms with Crippen molar-refractivity contribution in [1.29, 1.82) is 0 Å². The Kier molecular flexibility index (Phi) is 4.47. The first kappa shape index (κ1) is 15.4. The average Bonchev–Trinajstić information content (AvgIpc) is 2.37. The average molecular weight is 341 g/mol. The van der Waals surface area contributed by atoms with Gasteiger partial charge in [-0.15, -0.1) is 11.6 Å². The lowest BCUT2D eigenvalue weighted by Gasteiger charge is -2.17. The van der Waals surface area contributed by atoms with E-state index in [-0.39, 0.29) is 32.6 Å². The molecule has 7 heteroatoms. The number of hydrogen-bond acceptors (Lipinski definition) is 1. The molecule has 1 heterocycles. The van der Waals surface area contributed by atoms with Crippen LogP contribution in [0.3, 0.4) is 0 Å². The molecule has 0 aliphatic carbocycles. The second kappa shape index (κ2) is 5.80. The number of hydrogen-bond donors (Lipinski definition) is 0. The first-order valence-corrected chi connectivity index (χ1v) is 6.70. The number of pyridine rings is 1. The van der Waals surface area contributed by atoms with E-state index in [1.165, 1.54) is 18.2 Å². The van der Waals surface area contributed by atoms with E-state index in [1.807, 2.05) is 0 Å². The van der Waals surface area contributed by atoms with Crippen molar-refractivity contribution in [3.05, 3.63) is 51.8 Å². The quantitative estimate of drug-likeness (QED) is 0.628. The molecule has 106 valence electrons. The van der Waals surface area contributed by atoms with E-state index in [0.29, 0.717) is 0 Å². The fourth-order valence-corrected chi connectivity index (χ4v) is 2.65. The summed E-state index contributed by atoms with van der Waals surface area (Å²) in [6.45, 7) is 0. The van der Waals surface area contributed by atoms with Crippen LogP contribution in [0.25, 0.3) is 11.1 Å². The van der Waals surface area contributed by atoms with E-state index in [2.05, 4.69) is 4.98 Å². The highest BCUT2D eigenvalue weighted by atomic mass is 35.5. The highest BCUT2D eigenvalue weighted by Gasteiger charge is 2.37. The van der Waals surface area contributed by atoms with Crippen molar-refractivity contribution >= 4 is 34.8 Å². The Bertz CT molecular complexity index is 621. The molecule has 20 heavy (non-hydrogen) atoms. The Labute approximate surface area is 128 Å². The minimum absolute atomic E-state index is 0.0897. The van der Waals surface area contributed by atoms with Crippen LogP contribution in [0.2, 0.25) is 10.0 Å². The van der Waals surface area contributed by atoms with Crippen molar-refractivity contribution in [1.82, 2.24) is 4.98 Å². The maximum atomic E-state index is 13.1. The summed E-state index contributed by atoms with van der Waals surface area (Å²) >= 11 is 17.7. The summed E-state index contributed by atoms with van der Waals surface area (Å²) < 4.78 is 39.4. The molecule has 0 saturated carbocycles. The summed E-state index contributed by atoms with van der Waals surface area (Å²) in [6, 6.07) is 5.90. The second-order valence-electron chi connectivity index (χ2n) is 3.92. The number of aromatic nitrogens is 1. The summed E-state index contributed by atoms with van der Waals surface area (Å²) in [5, 5.41) is 0.227. The zero-order valence-electron chi connectivity index (χ0n) is 9.81. The number of halogens is 6. The number of alkyl halides is 4. The van der Waals surface area contributed by atoms with Gasteiger partial charge in [0.25, 0.3) is 0 Å². The molecule has 1 aromatic heterocycles. The van der Waals surface area contributed by atoms with E-state index in [4.69, 9.17) is 34.8 Å². The summed E-state index contributed by atoms with van der Waals surface area (Å²) in [4.78, 5) is 3.42. The molecule has 0 fully saturated rings. The van der Waals surface area contributed by atoms with Gasteiger partial charge in [-0.05, 0) is 23.8 Å². The maximum absolute atomic E-state index is 13.1. The molecule has 0 unspecified atom stereocenters. The lowest BCUT2D eigenvalue weighted by atomic mass is 9.98. The Hall–Kier alpha value is -0.970. The van der Waals surface area contributed by atoms with E-state index in [0.717, 1.165) is 6.20 Å². The minimum Gasteiger partial charge on any atom is -0.251 e. The van der Waals surface area contributed by atoms with E-state index in [1.54, 1.807) is 6.07 Å². The molecule has 0 aliphatic heterocycles. The number of nitrogens with zero attached hydrogens (tertiary/aromatic N) is 1. The molecule has 1 nitrogen and oxygen atoms in total. The third-order valence-corrected chi connectivity index (χ3v) is 3.58. The predicted octanol–water partition coefficient (Wildman–Crippen LogP) is 5.81. The molecule has 0 bridgehead atoms. The number of rotatable bonds is 2. The molecule has 2 rings (SSSR count). The Morgan fingerprint density at radius 3 is 2.10 bits per heavy atom. The standard InChI is InChI=1S/C13H7Cl3F3N/c14-6-7-4-5-20-12(13(17,18)19)10(7)11-8(15)2-1-3-9(11)16/h1-5H,6H2. The third-order valence-electron chi connectivity index (χ3n) is 2.66. The summed E-state index contributed by atoms with van der Waals surface area (Å²) in [7, 11) is 0. The first-order valence-electron chi connectivity index (χ1n) is 5.41. The summed E-state index contributed by atoms with van der Waals surface area (Å²) in [5.74, 6) is -0.109. The monoisotopic (exact) mass is 339 g/mol. The molecule has 0 aliphatic rings. The third kappa shape index (κ3) is 2.87. The topological polar surface area (TPSA) is 12.9 Å². The van der Waals surface area contributed by atoms with E-state index in [9.17, 15) is 13.2 Å². The Balaban J connectivity index is 2.85. The normalized spacial score (nSPS) is 11.7. The fourth-order valence-electron chi connectivity index (χ4n) is 1.84. The second-order valence-corrected chi connectivity index (χ2v) is 5.00. The smallest absolute Gasteiger partial charge is 0.251 e. The van der Waals surface area contributed by atoms with Gasteiger partial charge in [0.05, 0.1) is 0 Å². The van der Waals surface area contributed by atoms with Gasteiger partial charge < -0.3 is 0 Å². The SMILES string of the molecule is FC(F)(F)c1nccc(CCl)c1-c1c(Cl)cccc1Cl. The Morgan fingerprint density at radius 2 is 1.60 bits per heavy atom. The van der Waals surface area contributed by atoms with E-state index < -0.39 is 11.9 Å². The van der Waals surface area contributed by atoms with Gasteiger partial charge in [0.1, 0.15) is 0 Å². The molecule has 2 aromatic rings. The van der Waals surface area contributed by atoms with Gasteiger partial charge in [0.2, 0.25) is 0 Å². The van der Waals surface area contributed by atoms with Crippen LogP contribution in [-0.4, -0.2) is 4.98 Å². The largest absolute Gasteiger partial charge is 0.433 e. The van der Waals surface area contributed by atoms with Crippen molar-refractivity contribution in [3.63, 3.8) is 0 Å². The molecule has 1 aromatic carbocycles. The molecular formula is C13H7Cl3F3N. The van der Waals surface area contributed by atoms with Crippen LogP contribution < -0.4 is 0 Å². The van der Waals surface area contributed by atoms with Crippen molar-refractivity contribution in [3.8, 4) is 11.1 Å². The molecule has 0 N–H and O–H groups in total. The van der Waals surface area contributed by atoms with Gasteiger partial charge in [-0.25, -0.2) is 0 Å². The molecule has 0 atom stereocenters. The Morgan fingerprint density at radius 1 is 1.00 bits per heavy atom. The molecule has 0 amide bonds. The zero-order chi connectivity index (χ0) is 14.9. The van der Waals surface area contributed by atoms with Crippen LogP contribution in [0.4, 0.5) is 13.2 Å². The van der Waals surface area contributed by atoms with Crippen LogP contribution in [0.1, 0.15) is 11.3 Å². The first-order chi connectivity index (χ1) is 9.36. The van der Waals surface area contributed by atoms with Crippen LogP contribution in [-0.2, 0) is 12.1 Å². The van der Waals surface area contributed by atoms with Gasteiger partial charge >= 0.3 is 6.18 Å². The highest BCUT2D eigenvalue weighted by molar-refractivity contribution is 6.39. The molecule has 0 spiro atoms. The molecule has 0 radical (unpaired) electrons. The van der Waals surface area contributed by atoms with Crippen LogP contribution >= 0.6 is 34.8 Å². The molecular weight excluding hydrogens is 334 g/mol. The van der Waals surface area contributed by atoms with Crippen molar-refractivity contribution < 1.29 is 13.2 Å². The number of benzene rings is 1. The zero-order valence-corrected chi connectivity index (χ0v) is 12.1. The van der Waals surface area contributed by atoms with Gasteiger partial charge in [-0.2, -0.15) is 13.2 Å². The predicted molar refractivity (Wildman–Crippen MR) is 74.3 cm³/mol. The van der Waals surface area contributed by atoms with Gasteiger partial charge in [0.15, 0.2) is 5.69 Å². The highest BCUT2D eigenvalue weighted by Crippen LogP contribution is 2.43. The summed E-state index contributed by atoms with van der Waals surface area (Å²) in [5.41, 5.74) is -0.868. The molecule has 0 saturated heterocycles. The fraction of sp³-hybridized carbons (Fsp3) is 0.154.